The van der Waals surface area contributed by atoms with Crippen molar-refractivity contribution in [2.24, 2.45) is 5.92 Å². The van der Waals surface area contributed by atoms with Gasteiger partial charge in [0.25, 0.3) is 41.5 Å². The highest BCUT2D eigenvalue weighted by Crippen LogP contribution is 2.48. The summed E-state index contributed by atoms with van der Waals surface area (Å²) in [6, 6.07) is 0. The standard InChI is InChI=1S/C19H23F17/c1-11(2)3-12(20,21)4-13(22,23)5-14(24,25)6-15(26,27)7-16(28,29)8-17(30,31)9-18(32,33)10-19(34,35)36/h11H,3-10H2,1-2H3. The molecule has 0 aliphatic rings. The summed E-state index contributed by atoms with van der Waals surface area (Å²) in [7, 11) is 0. The highest BCUT2D eigenvalue weighted by atomic mass is 19.4. The fourth-order valence-electron chi connectivity index (χ4n) is 3.61. The van der Waals surface area contributed by atoms with Crippen LogP contribution in [0.2, 0.25) is 0 Å². The van der Waals surface area contributed by atoms with Crippen LogP contribution in [-0.4, -0.2) is 47.6 Å². The predicted octanol–water partition coefficient (Wildman–Crippen LogP) is 9.77. The van der Waals surface area contributed by atoms with Gasteiger partial charge in [0.05, 0.1) is 38.5 Å². The molecule has 0 N–H and O–H groups in total. The Balaban J connectivity index is 5.32. The van der Waals surface area contributed by atoms with Crippen molar-refractivity contribution in [3.63, 3.8) is 0 Å². The first kappa shape index (κ1) is 34.8. The lowest BCUT2D eigenvalue weighted by Gasteiger charge is -2.31. The molecule has 0 rings (SSSR count). The van der Waals surface area contributed by atoms with E-state index >= 15 is 0 Å². The summed E-state index contributed by atoms with van der Waals surface area (Å²) in [6.07, 6.45) is -28.0. The van der Waals surface area contributed by atoms with Gasteiger partial charge in [-0.3, -0.25) is 0 Å². The first-order chi connectivity index (χ1) is 15.4. The number of hydrogen-bond acceptors (Lipinski definition) is 0. The third kappa shape index (κ3) is 15.8. The zero-order chi connectivity index (χ0) is 29.2. The lowest BCUT2D eigenvalue weighted by molar-refractivity contribution is -0.221. The maximum absolute atomic E-state index is 13.7. The lowest BCUT2D eigenvalue weighted by atomic mass is 9.92. The van der Waals surface area contributed by atoms with Crippen LogP contribution in [0.3, 0.4) is 0 Å². The predicted molar refractivity (Wildman–Crippen MR) is 92.5 cm³/mol. The van der Waals surface area contributed by atoms with E-state index in [2.05, 4.69) is 0 Å². The average Bonchev–Trinajstić information content (AvgIpc) is 2.31. The van der Waals surface area contributed by atoms with Crippen molar-refractivity contribution in [3.05, 3.63) is 0 Å². The van der Waals surface area contributed by atoms with Crippen molar-refractivity contribution in [2.45, 2.75) is 113 Å². The molecule has 0 aliphatic heterocycles. The van der Waals surface area contributed by atoms with E-state index in [1.165, 1.54) is 13.8 Å². The van der Waals surface area contributed by atoms with E-state index in [1.807, 2.05) is 0 Å². The molecule has 0 bridgehead atoms. The highest BCUT2D eigenvalue weighted by Gasteiger charge is 2.58. The van der Waals surface area contributed by atoms with Gasteiger partial charge in [0, 0.05) is 6.42 Å². The molecule has 0 unspecified atom stereocenters. The van der Waals surface area contributed by atoms with Crippen molar-refractivity contribution in [1.29, 1.82) is 0 Å². The van der Waals surface area contributed by atoms with Crippen LogP contribution in [0.5, 0.6) is 0 Å². The second kappa shape index (κ2) is 10.9. The van der Waals surface area contributed by atoms with Crippen LogP contribution in [0.4, 0.5) is 74.6 Å². The first-order valence-electron chi connectivity index (χ1n) is 10.1. The maximum atomic E-state index is 13.7. The summed E-state index contributed by atoms with van der Waals surface area (Å²) >= 11 is 0. The Morgan fingerprint density at radius 3 is 0.722 bits per heavy atom. The smallest absolute Gasteiger partial charge is 0.207 e. The van der Waals surface area contributed by atoms with Gasteiger partial charge in [-0.05, 0) is 5.92 Å². The number of halogens is 17. The zero-order valence-corrected chi connectivity index (χ0v) is 18.7. The largest absolute Gasteiger partial charge is 0.394 e. The molecule has 0 saturated heterocycles. The summed E-state index contributed by atoms with van der Waals surface area (Å²) < 4.78 is 226. The van der Waals surface area contributed by atoms with Crippen molar-refractivity contribution in [3.8, 4) is 0 Å². The van der Waals surface area contributed by atoms with Gasteiger partial charge >= 0.3 is 6.18 Å². The Kier molecular flexibility index (Phi) is 10.5. The van der Waals surface area contributed by atoms with Gasteiger partial charge in [0.2, 0.25) is 0 Å². The molecule has 0 radical (unpaired) electrons. The van der Waals surface area contributed by atoms with E-state index in [0.717, 1.165) is 0 Å². The van der Waals surface area contributed by atoms with Gasteiger partial charge in [0.1, 0.15) is 6.42 Å². The summed E-state index contributed by atoms with van der Waals surface area (Å²) in [6.45, 7) is 2.37. The normalized spacial score (nSPS) is 15.7. The fourth-order valence-corrected chi connectivity index (χ4v) is 3.61. The minimum Gasteiger partial charge on any atom is -0.207 e. The van der Waals surface area contributed by atoms with Gasteiger partial charge in [-0.1, -0.05) is 13.8 Å². The molecule has 0 aromatic rings. The van der Waals surface area contributed by atoms with Crippen molar-refractivity contribution in [1.82, 2.24) is 0 Å². The topological polar surface area (TPSA) is 0 Å². The molecule has 0 aliphatic carbocycles. The summed E-state index contributed by atoms with van der Waals surface area (Å²) in [5.74, 6) is -36.7. The second-order valence-corrected chi connectivity index (χ2v) is 9.44. The number of rotatable bonds is 15. The van der Waals surface area contributed by atoms with E-state index in [-0.39, 0.29) is 0 Å². The molecule has 0 atom stereocenters. The Bertz CT molecular complexity index is 691. The monoisotopic (exact) mass is 574 g/mol. The van der Waals surface area contributed by atoms with Crippen molar-refractivity contribution >= 4 is 0 Å². The average molecular weight is 574 g/mol. The van der Waals surface area contributed by atoms with Crippen LogP contribution in [0.1, 0.15) is 65.2 Å². The fraction of sp³-hybridized carbons (Fsp3) is 1.00. The first-order valence-corrected chi connectivity index (χ1v) is 10.1. The van der Waals surface area contributed by atoms with Gasteiger partial charge in [0.15, 0.2) is 0 Å². The van der Waals surface area contributed by atoms with Gasteiger partial charge in [-0.25, -0.2) is 61.5 Å². The molecule has 0 heterocycles. The minimum absolute atomic E-state index is 0.866. The van der Waals surface area contributed by atoms with Gasteiger partial charge in [-0.15, -0.1) is 0 Å². The summed E-state index contributed by atoms with van der Waals surface area (Å²) in [4.78, 5) is 0. The van der Waals surface area contributed by atoms with E-state index in [4.69, 9.17) is 0 Å². The van der Waals surface area contributed by atoms with Crippen LogP contribution in [0, 0.1) is 5.92 Å². The third-order valence-electron chi connectivity index (χ3n) is 4.27. The molecule has 0 fully saturated rings. The molecule has 17 heteroatoms. The second-order valence-electron chi connectivity index (χ2n) is 9.44. The third-order valence-corrected chi connectivity index (χ3v) is 4.27. The Hall–Kier alpha value is -1.19. The van der Waals surface area contributed by atoms with Crippen LogP contribution >= 0.6 is 0 Å². The number of alkyl halides is 17. The molecule has 218 valence electrons. The highest BCUT2D eigenvalue weighted by molar-refractivity contribution is 4.91. The van der Waals surface area contributed by atoms with E-state index in [1.54, 1.807) is 0 Å². The van der Waals surface area contributed by atoms with E-state index in [0.29, 0.717) is 0 Å². The molecule has 36 heavy (non-hydrogen) atoms. The minimum atomic E-state index is -5.69. The summed E-state index contributed by atoms with van der Waals surface area (Å²) in [5.41, 5.74) is 0. The zero-order valence-electron chi connectivity index (χ0n) is 18.7. The Morgan fingerprint density at radius 2 is 0.528 bits per heavy atom. The van der Waals surface area contributed by atoms with Gasteiger partial charge in [-0.2, -0.15) is 13.2 Å². The van der Waals surface area contributed by atoms with Crippen LogP contribution in [0.15, 0.2) is 0 Å². The SMILES string of the molecule is CC(C)CC(F)(F)CC(F)(F)CC(F)(F)CC(F)(F)CC(F)(F)CC(F)(F)CC(F)(F)CC(F)(F)F. The number of hydrogen-bond donors (Lipinski definition) is 0. The van der Waals surface area contributed by atoms with E-state index in [9.17, 15) is 74.6 Å². The molecule has 0 nitrogen and oxygen atoms in total. The van der Waals surface area contributed by atoms with Crippen LogP contribution in [-0.2, 0) is 0 Å². The van der Waals surface area contributed by atoms with Crippen molar-refractivity contribution in [2.75, 3.05) is 0 Å². The molecule has 0 amide bonds. The molecule has 0 aromatic heterocycles. The lowest BCUT2D eigenvalue weighted by Crippen LogP contribution is -2.42. The molecule has 0 spiro atoms. The van der Waals surface area contributed by atoms with E-state index < -0.39 is 105 Å². The molecule has 0 aromatic carbocycles. The molecule has 0 saturated carbocycles. The quantitative estimate of drug-likeness (QED) is 0.171. The van der Waals surface area contributed by atoms with Gasteiger partial charge < -0.3 is 0 Å². The summed E-state index contributed by atoms with van der Waals surface area (Å²) in [5, 5.41) is 0. The van der Waals surface area contributed by atoms with Crippen molar-refractivity contribution < 1.29 is 74.6 Å². The van der Waals surface area contributed by atoms with Crippen LogP contribution < -0.4 is 0 Å². The molecular formula is C19H23F17. The maximum Gasteiger partial charge on any atom is 0.394 e. The molecular weight excluding hydrogens is 551 g/mol. The Morgan fingerprint density at radius 1 is 0.333 bits per heavy atom. The Labute approximate surface area is 194 Å². The van der Waals surface area contributed by atoms with Crippen LogP contribution in [0.25, 0.3) is 0 Å².